The van der Waals surface area contributed by atoms with Crippen molar-refractivity contribution in [1.82, 2.24) is 9.55 Å². The maximum absolute atomic E-state index is 6.22. The van der Waals surface area contributed by atoms with Crippen LogP contribution in [0.25, 0.3) is 28.2 Å². The van der Waals surface area contributed by atoms with Crippen LogP contribution in [0, 0.1) is 0 Å². The molecular weight excluding hydrogens is 319 g/mol. The van der Waals surface area contributed by atoms with Crippen LogP contribution in [0.1, 0.15) is 0 Å². The van der Waals surface area contributed by atoms with Gasteiger partial charge in [-0.05, 0) is 42.5 Å². The lowest BCUT2D eigenvalue weighted by molar-refractivity contribution is 0.619. The van der Waals surface area contributed by atoms with Crippen molar-refractivity contribution in [2.75, 3.05) is 0 Å². The summed E-state index contributed by atoms with van der Waals surface area (Å²) in [6.45, 7) is 0. The largest absolute Gasteiger partial charge is 0.436 e. The molecule has 0 saturated carbocycles. The number of nitrogens with zero attached hydrogens (tertiary/aromatic N) is 2. The lowest BCUT2D eigenvalue weighted by atomic mass is 10.2. The number of aromatic nitrogens is 2. The Hall–Kier alpha value is -2.23. The molecule has 0 aliphatic carbocycles. The van der Waals surface area contributed by atoms with Gasteiger partial charge in [-0.3, -0.25) is 0 Å². The molecule has 2 aromatic carbocycles. The smallest absolute Gasteiger partial charge is 0.228 e. The first-order valence-corrected chi connectivity index (χ1v) is 7.46. The number of oxazole rings is 1. The van der Waals surface area contributed by atoms with Crippen molar-refractivity contribution in [3.05, 3.63) is 71.0 Å². The molecule has 0 fully saturated rings. The standard InChI is InChI=1S/C17H10Cl2N2O/c18-11-3-5-13(14(19)9-11)17-20-15-6-4-12(10-16(15)22-17)21-7-1-2-8-21/h1-10H. The zero-order chi connectivity index (χ0) is 15.1. The minimum absolute atomic E-state index is 0.487. The third-order valence-corrected chi connectivity index (χ3v) is 3.98. The van der Waals surface area contributed by atoms with Gasteiger partial charge >= 0.3 is 0 Å². The molecule has 0 spiro atoms. The molecule has 108 valence electrons. The van der Waals surface area contributed by atoms with Gasteiger partial charge in [0.15, 0.2) is 5.58 Å². The first-order chi connectivity index (χ1) is 10.7. The van der Waals surface area contributed by atoms with E-state index in [-0.39, 0.29) is 0 Å². The number of halogens is 2. The summed E-state index contributed by atoms with van der Waals surface area (Å²) in [5.74, 6) is 0.487. The van der Waals surface area contributed by atoms with Crippen LogP contribution < -0.4 is 0 Å². The molecule has 0 bridgehead atoms. The Labute approximate surface area is 136 Å². The van der Waals surface area contributed by atoms with Gasteiger partial charge in [-0.2, -0.15) is 0 Å². The van der Waals surface area contributed by atoms with Crippen molar-refractivity contribution in [3.8, 4) is 17.1 Å². The zero-order valence-corrected chi connectivity index (χ0v) is 12.8. The molecule has 0 unspecified atom stereocenters. The van der Waals surface area contributed by atoms with Gasteiger partial charge in [0.2, 0.25) is 5.89 Å². The Balaban J connectivity index is 1.84. The third-order valence-electron chi connectivity index (χ3n) is 3.44. The van der Waals surface area contributed by atoms with Gasteiger partial charge in [-0.1, -0.05) is 23.2 Å². The summed E-state index contributed by atoms with van der Waals surface area (Å²) in [4.78, 5) is 4.49. The maximum atomic E-state index is 6.22. The first kappa shape index (κ1) is 13.4. The Morgan fingerprint density at radius 1 is 0.955 bits per heavy atom. The van der Waals surface area contributed by atoms with Gasteiger partial charge in [-0.25, -0.2) is 4.98 Å². The van der Waals surface area contributed by atoms with E-state index in [0.717, 1.165) is 16.8 Å². The topological polar surface area (TPSA) is 31.0 Å². The molecule has 4 aromatic rings. The van der Waals surface area contributed by atoms with E-state index in [1.165, 1.54) is 0 Å². The van der Waals surface area contributed by atoms with Gasteiger partial charge in [0.1, 0.15) is 5.52 Å². The highest BCUT2D eigenvalue weighted by Gasteiger charge is 2.12. The van der Waals surface area contributed by atoms with Crippen LogP contribution in [0.15, 0.2) is 65.3 Å². The Morgan fingerprint density at radius 3 is 2.55 bits per heavy atom. The summed E-state index contributed by atoms with van der Waals surface area (Å²) in [7, 11) is 0. The highest BCUT2D eigenvalue weighted by Crippen LogP contribution is 2.32. The summed E-state index contributed by atoms with van der Waals surface area (Å²) < 4.78 is 7.87. The molecule has 4 rings (SSSR count). The van der Waals surface area contributed by atoms with Crippen molar-refractivity contribution in [2.45, 2.75) is 0 Å². The quantitative estimate of drug-likeness (QED) is 0.480. The summed E-state index contributed by atoms with van der Waals surface area (Å²) in [6.07, 6.45) is 3.96. The van der Waals surface area contributed by atoms with E-state index in [2.05, 4.69) is 4.98 Å². The van der Waals surface area contributed by atoms with Crippen molar-refractivity contribution in [1.29, 1.82) is 0 Å². The molecule has 0 aliphatic rings. The maximum Gasteiger partial charge on any atom is 0.228 e. The van der Waals surface area contributed by atoms with Crippen molar-refractivity contribution >= 4 is 34.3 Å². The second kappa shape index (κ2) is 5.20. The summed E-state index contributed by atoms with van der Waals surface area (Å²) in [6, 6.07) is 15.1. The third kappa shape index (κ3) is 2.28. The highest BCUT2D eigenvalue weighted by molar-refractivity contribution is 6.36. The molecule has 0 saturated heterocycles. The lowest BCUT2D eigenvalue weighted by Gasteiger charge is -2.01. The van der Waals surface area contributed by atoms with E-state index in [1.54, 1.807) is 12.1 Å². The summed E-state index contributed by atoms with van der Waals surface area (Å²) >= 11 is 12.1. The van der Waals surface area contributed by atoms with E-state index in [4.69, 9.17) is 27.6 Å². The Kier molecular flexibility index (Phi) is 3.17. The molecular formula is C17H10Cl2N2O. The Bertz CT molecular complexity index is 958. The summed E-state index contributed by atoms with van der Waals surface area (Å²) in [5, 5.41) is 1.10. The zero-order valence-electron chi connectivity index (χ0n) is 11.3. The van der Waals surface area contributed by atoms with E-state index in [9.17, 15) is 0 Å². The van der Waals surface area contributed by atoms with Crippen LogP contribution in [0.4, 0.5) is 0 Å². The van der Waals surface area contributed by atoms with Crippen molar-refractivity contribution < 1.29 is 4.42 Å². The van der Waals surface area contributed by atoms with E-state index in [0.29, 0.717) is 21.5 Å². The van der Waals surface area contributed by atoms with Gasteiger partial charge in [0.25, 0.3) is 0 Å². The molecule has 22 heavy (non-hydrogen) atoms. The fourth-order valence-corrected chi connectivity index (χ4v) is 2.85. The summed E-state index contributed by atoms with van der Waals surface area (Å²) in [5.41, 5.74) is 3.25. The molecule has 0 aliphatic heterocycles. The van der Waals surface area contributed by atoms with Crippen LogP contribution in [0.3, 0.4) is 0 Å². The van der Waals surface area contributed by atoms with Crippen LogP contribution in [-0.2, 0) is 0 Å². The molecule has 2 aromatic heterocycles. The first-order valence-electron chi connectivity index (χ1n) is 6.70. The van der Waals surface area contributed by atoms with Crippen LogP contribution in [0.2, 0.25) is 10.0 Å². The van der Waals surface area contributed by atoms with Gasteiger partial charge in [0.05, 0.1) is 10.6 Å². The van der Waals surface area contributed by atoms with Crippen molar-refractivity contribution in [3.63, 3.8) is 0 Å². The van der Waals surface area contributed by atoms with Gasteiger partial charge in [-0.15, -0.1) is 0 Å². The normalized spacial score (nSPS) is 11.2. The van der Waals surface area contributed by atoms with Crippen LogP contribution in [0.5, 0.6) is 0 Å². The van der Waals surface area contributed by atoms with E-state index >= 15 is 0 Å². The second-order valence-electron chi connectivity index (χ2n) is 4.89. The predicted molar refractivity (Wildman–Crippen MR) is 88.8 cm³/mol. The van der Waals surface area contributed by atoms with Gasteiger partial charge in [0, 0.05) is 29.2 Å². The minimum Gasteiger partial charge on any atom is -0.436 e. The number of hydrogen-bond donors (Lipinski definition) is 0. The average molecular weight is 329 g/mol. The van der Waals surface area contributed by atoms with Gasteiger partial charge < -0.3 is 8.98 Å². The minimum atomic E-state index is 0.487. The molecule has 5 heteroatoms. The monoisotopic (exact) mass is 328 g/mol. The number of hydrogen-bond acceptors (Lipinski definition) is 2. The number of fused-ring (bicyclic) bond motifs is 1. The molecule has 2 heterocycles. The predicted octanol–water partition coefficient (Wildman–Crippen LogP) is 5.59. The SMILES string of the molecule is Clc1ccc(-c2nc3ccc(-n4cccc4)cc3o2)c(Cl)c1. The molecule has 0 radical (unpaired) electrons. The van der Waals surface area contributed by atoms with Crippen molar-refractivity contribution in [2.24, 2.45) is 0 Å². The van der Waals surface area contributed by atoms with Crippen LogP contribution in [-0.4, -0.2) is 9.55 Å². The van der Waals surface area contributed by atoms with E-state index < -0.39 is 0 Å². The second-order valence-corrected chi connectivity index (χ2v) is 5.73. The van der Waals surface area contributed by atoms with E-state index in [1.807, 2.05) is 53.4 Å². The fraction of sp³-hybridized carbons (Fsp3) is 0. The molecule has 0 amide bonds. The molecule has 3 nitrogen and oxygen atoms in total. The van der Waals surface area contributed by atoms with Crippen LogP contribution >= 0.6 is 23.2 Å². The molecule has 0 atom stereocenters. The fourth-order valence-electron chi connectivity index (χ4n) is 2.36. The molecule has 0 N–H and O–H groups in total. The average Bonchev–Trinajstić information content (AvgIpc) is 3.15. The highest BCUT2D eigenvalue weighted by atomic mass is 35.5. The lowest BCUT2D eigenvalue weighted by Crippen LogP contribution is -1.87. The Morgan fingerprint density at radius 2 is 1.77 bits per heavy atom. The number of rotatable bonds is 2. The number of benzene rings is 2.